The van der Waals surface area contributed by atoms with Gasteiger partial charge in [-0.05, 0) is 54.8 Å². The molecule has 0 aliphatic carbocycles. The Bertz CT molecular complexity index is 853. The predicted molar refractivity (Wildman–Crippen MR) is 107 cm³/mol. The third kappa shape index (κ3) is 4.67. The summed E-state index contributed by atoms with van der Waals surface area (Å²) in [6.07, 6.45) is 5.42. The Balaban J connectivity index is 1.77. The minimum Gasteiger partial charge on any atom is -0.497 e. The summed E-state index contributed by atoms with van der Waals surface area (Å²) in [6.45, 7) is 1.86. The average molecular weight is 365 g/mol. The van der Waals surface area contributed by atoms with Crippen LogP contribution < -0.4 is 20.7 Å². The van der Waals surface area contributed by atoms with Crippen LogP contribution in [0.25, 0.3) is 6.08 Å². The zero-order chi connectivity index (χ0) is 19.2. The monoisotopic (exact) mass is 365 g/mol. The van der Waals surface area contributed by atoms with Crippen LogP contribution >= 0.6 is 0 Å². The molecule has 1 saturated heterocycles. The van der Waals surface area contributed by atoms with Crippen LogP contribution in [-0.4, -0.2) is 32.0 Å². The SMILES string of the molecule is COc1ccc(C=CC(=O)Nc2cc(C(N)=O)ccc2N2CCCC2)cc1. The molecule has 0 spiro atoms. The molecule has 0 aromatic heterocycles. The summed E-state index contributed by atoms with van der Waals surface area (Å²) >= 11 is 0. The number of methoxy groups -OCH3 is 1. The fourth-order valence-electron chi connectivity index (χ4n) is 3.08. The van der Waals surface area contributed by atoms with Crippen molar-refractivity contribution in [2.45, 2.75) is 12.8 Å². The van der Waals surface area contributed by atoms with Gasteiger partial charge in [-0.1, -0.05) is 12.1 Å². The maximum atomic E-state index is 12.4. The van der Waals surface area contributed by atoms with Crippen molar-refractivity contribution in [2.75, 3.05) is 30.4 Å². The van der Waals surface area contributed by atoms with Gasteiger partial charge >= 0.3 is 0 Å². The molecule has 1 aliphatic heterocycles. The molecule has 140 valence electrons. The highest BCUT2D eigenvalue weighted by Crippen LogP contribution is 2.30. The number of hydrogen-bond acceptors (Lipinski definition) is 4. The predicted octanol–water partition coefficient (Wildman–Crippen LogP) is 3.05. The fraction of sp³-hybridized carbons (Fsp3) is 0.238. The molecular weight excluding hydrogens is 342 g/mol. The Morgan fingerprint density at radius 2 is 1.81 bits per heavy atom. The van der Waals surface area contributed by atoms with Crippen molar-refractivity contribution < 1.29 is 14.3 Å². The number of carbonyl (C=O) groups excluding carboxylic acids is 2. The normalized spacial score (nSPS) is 13.7. The minimum absolute atomic E-state index is 0.270. The van der Waals surface area contributed by atoms with E-state index in [-0.39, 0.29) is 5.91 Å². The first-order valence-electron chi connectivity index (χ1n) is 8.89. The molecule has 27 heavy (non-hydrogen) atoms. The van der Waals surface area contributed by atoms with Crippen LogP contribution in [0.5, 0.6) is 5.75 Å². The summed E-state index contributed by atoms with van der Waals surface area (Å²) in [7, 11) is 1.61. The van der Waals surface area contributed by atoms with E-state index in [4.69, 9.17) is 10.5 Å². The molecule has 3 N–H and O–H groups in total. The highest BCUT2D eigenvalue weighted by Gasteiger charge is 2.18. The van der Waals surface area contributed by atoms with Gasteiger partial charge in [-0.2, -0.15) is 0 Å². The quantitative estimate of drug-likeness (QED) is 0.771. The summed E-state index contributed by atoms with van der Waals surface area (Å²) in [5, 5.41) is 2.88. The average Bonchev–Trinajstić information content (AvgIpc) is 3.21. The Morgan fingerprint density at radius 3 is 2.44 bits per heavy atom. The molecule has 1 fully saturated rings. The summed E-state index contributed by atoms with van der Waals surface area (Å²) < 4.78 is 5.12. The number of primary amides is 1. The number of amides is 2. The summed E-state index contributed by atoms with van der Waals surface area (Å²) in [4.78, 5) is 26.1. The number of benzene rings is 2. The number of ether oxygens (including phenoxy) is 1. The van der Waals surface area contributed by atoms with Crippen molar-refractivity contribution in [1.82, 2.24) is 0 Å². The van der Waals surface area contributed by atoms with Crippen LogP contribution in [0.2, 0.25) is 0 Å². The zero-order valence-corrected chi connectivity index (χ0v) is 15.3. The van der Waals surface area contributed by atoms with Gasteiger partial charge in [0, 0.05) is 24.7 Å². The lowest BCUT2D eigenvalue weighted by molar-refractivity contribution is -0.111. The molecule has 2 aromatic rings. The second-order valence-corrected chi connectivity index (χ2v) is 6.39. The second kappa shape index (κ2) is 8.40. The van der Waals surface area contributed by atoms with Gasteiger partial charge in [0.25, 0.3) is 0 Å². The highest BCUT2D eigenvalue weighted by molar-refractivity contribution is 6.05. The van der Waals surface area contributed by atoms with Gasteiger partial charge in [-0.15, -0.1) is 0 Å². The van der Waals surface area contributed by atoms with E-state index in [1.54, 1.807) is 25.3 Å². The molecule has 0 saturated carbocycles. The third-order valence-corrected chi connectivity index (χ3v) is 4.53. The molecule has 0 radical (unpaired) electrons. The van der Waals surface area contributed by atoms with Crippen LogP contribution in [-0.2, 0) is 4.79 Å². The van der Waals surface area contributed by atoms with Crippen molar-refractivity contribution in [2.24, 2.45) is 5.73 Å². The first-order chi connectivity index (χ1) is 13.1. The van der Waals surface area contributed by atoms with Crippen LogP contribution in [0.3, 0.4) is 0 Å². The molecule has 3 rings (SSSR count). The van der Waals surface area contributed by atoms with Gasteiger partial charge in [0.05, 0.1) is 18.5 Å². The van der Waals surface area contributed by atoms with Gasteiger partial charge < -0.3 is 20.7 Å². The van der Waals surface area contributed by atoms with E-state index in [1.165, 1.54) is 6.08 Å². The van der Waals surface area contributed by atoms with Gasteiger partial charge in [-0.25, -0.2) is 0 Å². The van der Waals surface area contributed by atoms with E-state index in [9.17, 15) is 9.59 Å². The number of nitrogens with two attached hydrogens (primary N) is 1. The second-order valence-electron chi connectivity index (χ2n) is 6.39. The molecule has 2 aromatic carbocycles. The van der Waals surface area contributed by atoms with Crippen LogP contribution in [0.4, 0.5) is 11.4 Å². The molecule has 1 heterocycles. The smallest absolute Gasteiger partial charge is 0.248 e. The Morgan fingerprint density at radius 1 is 1.11 bits per heavy atom. The topological polar surface area (TPSA) is 84.7 Å². The van der Waals surface area contributed by atoms with Gasteiger partial charge in [0.15, 0.2) is 0 Å². The zero-order valence-electron chi connectivity index (χ0n) is 15.3. The standard InChI is InChI=1S/C21H23N3O3/c1-27-17-8-4-15(5-9-17)6-11-20(25)23-18-14-16(21(22)26)7-10-19(18)24-12-2-3-13-24/h4-11,14H,2-3,12-13H2,1H3,(H2,22,26)(H,23,25). The molecule has 6 heteroatoms. The van der Waals surface area contributed by atoms with Crippen molar-refractivity contribution in [3.8, 4) is 5.75 Å². The number of anilines is 2. The van der Waals surface area contributed by atoms with Crippen molar-refractivity contribution in [3.63, 3.8) is 0 Å². The van der Waals surface area contributed by atoms with E-state index in [1.807, 2.05) is 30.3 Å². The van der Waals surface area contributed by atoms with Gasteiger partial charge in [0.1, 0.15) is 5.75 Å². The molecule has 0 bridgehead atoms. The van der Waals surface area contributed by atoms with Crippen molar-refractivity contribution >= 4 is 29.3 Å². The summed E-state index contributed by atoms with van der Waals surface area (Å²) in [5.74, 6) is -0.0322. The lowest BCUT2D eigenvalue weighted by atomic mass is 10.1. The first-order valence-corrected chi connectivity index (χ1v) is 8.89. The number of nitrogens with zero attached hydrogens (tertiary/aromatic N) is 1. The highest BCUT2D eigenvalue weighted by atomic mass is 16.5. The van der Waals surface area contributed by atoms with Crippen molar-refractivity contribution in [1.29, 1.82) is 0 Å². The Hall–Kier alpha value is -3.28. The number of nitrogens with one attached hydrogen (secondary N) is 1. The number of hydrogen-bond donors (Lipinski definition) is 2. The Labute approximate surface area is 158 Å². The summed E-state index contributed by atoms with van der Waals surface area (Å²) in [6, 6.07) is 12.6. The van der Waals surface area contributed by atoms with E-state index >= 15 is 0 Å². The third-order valence-electron chi connectivity index (χ3n) is 4.53. The van der Waals surface area contributed by atoms with E-state index < -0.39 is 5.91 Å². The molecule has 6 nitrogen and oxygen atoms in total. The lowest BCUT2D eigenvalue weighted by Crippen LogP contribution is -2.21. The van der Waals surface area contributed by atoms with Crippen LogP contribution in [0, 0.1) is 0 Å². The molecule has 0 unspecified atom stereocenters. The van der Waals surface area contributed by atoms with E-state index in [2.05, 4.69) is 10.2 Å². The maximum Gasteiger partial charge on any atom is 0.248 e. The van der Waals surface area contributed by atoms with Crippen LogP contribution in [0.15, 0.2) is 48.5 Å². The summed E-state index contributed by atoms with van der Waals surface area (Å²) in [5.41, 5.74) is 8.14. The first kappa shape index (κ1) is 18.5. The molecule has 0 atom stereocenters. The van der Waals surface area contributed by atoms with E-state index in [0.29, 0.717) is 11.3 Å². The van der Waals surface area contributed by atoms with Gasteiger partial charge in [0.2, 0.25) is 11.8 Å². The minimum atomic E-state index is -0.521. The maximum absolute atomic E-state index is 12.4. The van der Waals surface area contributed by atoms with Crippen molar-refractivity contribution in [3.05, 3.63) is 59.7 Å². The molecule has 2 amide bonds. The molecule has 1 aliphatic rings. The fourth-order valence-corrected chi connectivity index (χ4v) is 3.08. The number of carbonyl (C=O) groups is 2. The molecular formula is C21H23N3O3. The van der Waals surface area contributed by atoms with Gasteiger partial charge in [-0.3, -0.25) is 9.59 Å². The van der Waals surface area contributed by atoms with Crippen LogP contribution in [0.1, 0.15) is 28.8 Å². The number of rotatable bonds is 6. The van der Waals surface area contributed by atoms with E-state index in [0.717, 1.165) is 42.9 Å². The Kier molecular flexibility index (Phi) is 5.76. The lowest BCUT2D eigenvalue weighted by Gasteiger charge is -2.21. The largest absolute Gasteiger partial charge is 0.497 e.